The van der Waals surface area contributed by atoms with Crippen LogP contribution in [0, 0.1) is 13.8 Å². The van der Waals surface area contributed by atoms with Crippen LogP contribution >= 0.6 is 0 Å². The fourth-order valence-electron chi connectivity index (χ4n) is 3.84. The Morgan fingerprint density at radius 3 is 2.48 bits per heavy atom. The highest BCUT2D eigenvalue weighted by Crippen LogP contribution is 2.22. The highest BCUT2D eigenvalue weighted by Gasteiger charge is 2.21. The summed E-state index contributed by atoms with van der Waals surface area (Å²) in [6, 6.07) is 17.6. The number of carbonyl (C=O) groups excluding carboxylic acids is 2. The van der Waals surface area contributed by atoms with Gasteiger partial charge in [-0.25, -0.2) is 4.68 Å². The van der Waals surface area contributed by atoms with Crippen LogP contribution in [0.1, 0.15) is 35.4 Å². The minimum atomic E-state index is -0.162. The number of para-hydroxylation sites is 1. The third kappa shape index (κ3) is 4.58. The number of aryl methyl sites for hydroxylation is 1. The summed E-state index contributed by atoms with van der Waals surface area (Å²) in [5.74, 6) is 0.00824. The average Bonchev–Trinajstić information content (AvgIpc) is 3.34. The lowest BCUT2D eigenvalue weighted by Gasteiger charge is -2.15. The molecule has 1 aliphatic rings. The predicted octanol–water partition coefficient (Wildman–Crippen LogP) is 3.95. The van der Waals surface area contributed by atoms with E-state index in [2.05, 4.69) is 10.4 Å². The fourth-order valence-corrected chi connectivity index (χ4v) is 3.84. The minimum Gasteiger partial charge on any atom is -0.348 e. The van der Waals surface area contributed by atoms with E-state index >= 15 is 0 Å². The Morgan fingerprint density at radius 2 is 1.81 bits per heavy atom. The number of benzene rings is 2. The summed E-state index contributed by atoms with van der Waals surface area (Å²) in [5, 5.41) is 7.56. The van der Waals surface area contributed by atoms with E-state index in [0.717, 1.165) is 46.9 Å². The standard InChI is InChI=1S/C25H26N4O2/c1-18-23(19(2)29(27-18)22-7-4-3-5-8-22)17-26-24(30)15-12-20-10-13-21(14-11-20)28-16-6-9-25(28)31/h3-5,7-8,10-15H,6,9,16-17H2,1-2H3,(H,26,30)/b15-12+. The molecule has 31 heavy (non-hydrogen) atoms. The highest BCUT2D eigenvalue weighted by molar-refractivity contribution is 5.95. The van der Waals surface area contributed by atoms with Crippen molar-refractivity contribution < 1.29 is 9.59 Å². The normalized spacial score (nSPS) is 13.9. The van der Waals surface area contributed by atoms with Crippen molar-refractivity contribution in [1.29, 1.82) is 0 Å². The first kappa shape index (κ1) is 20.6. The van der Waals surface area contributed by atoms with E-state index in [0.29, 0.717) is 13.0 Å². The minimum absolute atomic E-state index is 0.162. The van der Waals surface area contributed by atoms with Crippen LogP contribution < -0.4 is 10.2 Å². The molecule has 0 aliphatic carbocycles. The molecule has 0 unspecified atom stereocenters. The maximum absolute atomic E-state index is 12.3. The number of carbonyl (C=O) groups is 2. The molecule has 6 heteroatoms. The van der Waals surface area contributed by atoms with Gasteiger partial charge < -0.3 is 10.2 Å². The lowest BCUT2D eigenvalue weighted by atomic mass is 10.1. The second-order valence-electron chi connectivity index (χ2n) is 7.69. The Morgan fingerprint density at radius 1 is 1.06 bits per heavy atom. The zero-order valence-corrected chi connectivity index (χ0v) is 17.8. The van der Waals surface area contributed by atoms with Gasteiger partial charge in [0.1, 0.15) is 0 Å². The molecule has 0 saturated carbocycles. The maximum atomic E-state index is 12.3. The summed E-state index contributed by atoms with van der Waals surface area (Å²) in [4.78, 5) is 26.0. The first-order valence-electron chi connectivity index (χ1n) is 10.5. The number of hydrogen-bond donors (Lipinski definition) is 1. The van der Waals surface area contributed by atoms with Crippen LogP contribution in [-0.2, 0) is 16.1 Å². The number of anilines is 1. The third-order valence-electron chi connectivity index (χ3n) is 5.59. The van der Waals surface area contributed by atoms with Crippen LogP contribution in [0.15, 0.2) is 60.7 Å². The monoisotopic (exact) mass is 414 g/mol. The molecule has 1 saturated heterocycles. The van der Waals surface area contributed by atoms with Crippen LogP contribution in [0.25, 0.3) is 11.8 Å². The van der Waals surface area contributed by atoms with Gasteiger partial charge in [0.25, 0.3) is 0 Å². The van der Waals surface area contributed by atoms with E-state index < -0.39 is 0 Å². The van der Waals surface area contributed by atoms with Gasteiger partial charge in [-0.1, -0.05) is 30.3 Å². The predicted molar refractivity (Wildman–Crippen MR) is 122 cm³/mol. The molecule has 1 N–H and O–H groups in total. The summed E-state index contributed by atoms with van der Waals surface area (Å²) >= 11 is 0. The fraction of sp³-hybridized carbons (Fsp3) is 0.240. The van der Waals surface area contributed by atoms with E-state index in [1.54, 1.807) is 11.0 Å². The van der Waals surface area contributed by atoms with Crippen molar-refractivity contribution in [3.63, 3.8) is 0 Å². The molecule has 0 bridgehead atoms. The third-order valence-corrected chi connectivity index (χ3v) is 5.59. The molecule has 0 spiro atoms. The second kappa shape index (κ2) is 9.00. The summed E-state index contributed by atoms with van der Waals surface area (Å²) in [6.45, 7) is 5.16. The Kier molecular flexibility index (Phi) is 5.98. The van der Waals surface area contributed by atoms with Crippen molar-refractivity contribution in [2.24, 2.45) is 0 Å². The van der Waals surface area contributed by atoms with Crippen molar-refractivity contribution >= 4 is 23.6 Å². The molecular weight excluding hydrogens is 388 g/mol. The van der Waals surface area contributed by atoms with E-state index in [1.165, 1.54) is 6.08 Å². The Balaban J connectivity index is 1.37. The van der Waals surface area contributed by atoms with Crippen molar-refractivity contribution in [1.82, 2.24) is 15.1 Å². The highest BCUT2D eigenvalue weighted by atomic mass is 16.2. The molecular formula is C25H26N4O2. The van der Waals surface area contributed by atoms with Crippen molar-refractivity contribution in [3.05, 3.63) is 83.2 Å². The van der Waals surface area contributed by atoms with Gasteiger partial charge in [-0.15, -0.1) is 0 Å². The molecule has 1 aliphatic heterocycles. The molecule has 2 heterocycles. The molecule has 6 nitrogen and oxygen atoms in total. The molecule has 2 amide bonds. The molecule has 3 aromatic rings. The van der Waals surface area contributed by atoms with E-state index in [9.17, 15) is 9.59 Å². The summed E-state index contributed by atoms with van der Waals surface area (Å²) in [7, 11) is 0. The lowest BCUT2D eigenvalue weighted by Crippen LogP contribution is -2.23. The van der Waals surface area contributed by atoms with Crippen LogP contribution in [0.3, 0.4) is 0 Å². The maximum Gasteiger partial charge on any atom is 0.244 e. The summed E-state index contributed by atoms with van der Waals surface area (Å²) < 4.78 is 1.90. The topological polar surface area (TPSA) is 67.2 Å². The van der Waals surface area contributed by atoms with Crippen molar-refractivity contribution in [3.8, 4) is 5.69 Å². The van der Waals surface area contributed by atoms with Crippen LogP contribution in [0.2, 0.25) is 0 Å². The molecule has 2 aromatic carbocycles. The first-order valence-corrected chi connectivity index (χ1v) is 10.5. The van der Waals surface area contributed by atoms with Gasteiger partial charge in [-0.05, 0) is 56.2 Å². The molecule has 1 fully saturated rings. The lowest BCUT2D eigenvalue weighted by molar-refractivity contribution is -0.117. The summed E-state index contributed by atoms with van der Waals surface area (Å²) in [5.41, 5.74) is 5.75. The van der Waals surface area contributed by atoms with Gasteiger partial charge in [-0.3, -0.25) is 9.59 Å². The Labute approximate surface area is 182 Å². The van der Waals surface area contributed by atoms with Crippen LogP contribution in [0.4, 0.5) is 5.69 Å². The quantitative estimate of drug-likeness (QED) is 0.621. The van der Waals surface area contributed by atoms with Crippen molar-refractivity contribution in [2.75, 3.05) is 11.4 Å². The molecule has 0 atom stereocenters. The van der Waals surface area contributed by atoms with Gasteiger partial charge in [0.15, 0.2) is 0 Å². The largest absolute Gasteiger partial charge is 0.348 e. The van der Waals surface area contributed by atoms with Crippen LogP contribution in [0.5, 0.6) is 0 Å². The van der Waals surface area contributed by atoms with E-state index in [1.807, 2.05) is 73.1 Å². The molecule has 0 radical (unpaired) electrons. The first-order chi connectivity index (χ1) is 15.0. The SMILES string of the molecule is Cc1nn(-c2ccccc2)c(C)c1CNC(=O)/C=C/c1ccc(N2CCCC2=O)cc1. The number of nitrogens with zero attached hydrogens (tertiary/aromatic N) is 3. The average molecular weight is 415 g/mol. The van der Waals surface area contributed by atoms with Crippen LogP contribution in [-0.4, -0.2) is 28.1 Å². The zero-order chi connectivity index (χ0) is 21.8. The Bertz CT molecular complexity index is 1110. The van der Waals surface area contributed by atoms with Gasteiger partial charge in [-0.2, -0.15) is 5.10 Å². The number of nitrogens with one attached hydrogen (secondary N) is 1. The van der Waals surface area contributed by atoms with E-state index in [4.69, 9.17) is 0 Å². The Hall–Kier alpha value is -3.67. The zero-order valence-electron chi connectivity index (χ0n) is 17.8. The molecule has 1 aromatic heterocycles. The van der Waals surface area contributed by atoms with Crippen molar-refractivity contribution in [2.45, 2.75) is 33.2 Å². The molecule has 158 valence electrons. The smallest absolute Gasteiger partial charge is 0.244 e. The van der Waals surface area contributed by atoms with Gasteiger partial charge >= 0.3 is 0 Å². The number of amides is 2. The van der Waals surface area contributed by atoms with Gasteiger partial charge in [0.05, 0.1) is 11.4 Å². The second-order valence-corrected chi connectivity index (χ2v) is 7.69. The van der Waals surface area contributed by atoms with Gasteiger partial charge in [0, 0.05) is 42.5 Å². The molecule has 4 rings (SSSR count). The van der Waals surface area contributed by atoms with E-state index in [-0.39, 0.29) is 11.8 Å². The number of hydrogen-bond acceptors (Lipinski definition) is 3. The summed E-state index contributed by atoms with van der Waals surface area (Å²) in [6.07, 6.45) is 4.83. The number of rotatable bonds is 6. The van der Waals surface area contributed by atoms with Gasteiger partial charge in [0.2, 0.25) is 11.8 Å². The number of aromatic nitrogens is 2.